The first-order valence-electron chi connectivity index (χ1n) is 13.7. The van der Waals surface area contributed by atoms with Crippen LogP contribution < -0.4 is 9.80 Å². The number of allylic oxidation sites excluding steroid dienone is 3. The van der Waals surface area contributed by atoms with Gasteiger partial charge in [0.05, 0.1) is 45.9 Å². The average Bonchev–Trinajstić information content (AvgIpc) is 3.72. The quantitative estimate of drug-likeness (QED) is 0.329. The number of anilines is 2. The molecule has 0 radical (unpaired) electrons. The van der Waals surface area contributed by atoms with Gasteiger partial charge in [0.1, 0.15) is 23.5 Å². The lowest BCUT2D eigenvalue weighted by Crippen LogP contribution is -2.44. The molecule has 11 heteroatoms. The Morgan fingerprint density at radius 2 is 1.95 bits per heavy atom. The van der Waals surface area contributed by atoms with Crippen LogP contribution in [0.3, 0.4) is 0 Å². The predicted molar refractivity (Wildman–Crippen MR) is 156 cm³/mol. The molecule has 0 bridgehead atoms. The van der Waals surface area contributed by atoms with E-state index in [1.54, 1.807) is 10.7 Å². The summed E-state index contributed by atoms with van der Waals surface area (Å²) >= 11 is 0. The van der Waals surface area contributed by atoms with Crippen molar-refractivity contribution in [1.82, 2.24) is 29.5 Å². The van der Waals surface area contributed by atoms with Crippen LogP contribution in [0.5, 0.6) is 0 Å². The summed E-state index contributed by atoms with van der Waals surface area (Å²) < 4.78 is 29.6. The first kappa shape index (κ1) is 26.7. The lowest BCUT2D eigenvalue weighted by Gasteiger charge is -2.34. The Kier molecular flexibility index (Phi) is 7.01. The number of benzene rings is 1. The van der Waals surface area contributed by atoms with Gasteiger partial charge in [0.25, 0.3) is 0 Å². The van der Waals surface area contributed by atoms with E-state index < -0.39 is 11.7 Å². The Morgan fingerprint density at radius 3 is 2.71 bits per heavy atom. The molecular weight excluding hydrogens is 524 g/mol. The summed E-state index contributed by atoms with van der Waals surface area (Å²) in [6, 6.07) is 7.73. The van der Waals surface area contributed by atoms with Crippen LogP contribution in [0.4, 0.5) is 20.3 Å². The monoisotopic (exact) mass is 555 g/mol. The number of aromatic nitrogens is 5. The molecule has 210 valence electrons. The van der Waals surface area contributed by atoms with Crippen LogP contribution in [-0.2, 0) is 0 Å². The summed E-state index contributed by atoms with van der Waals surface area (Å²) in [6.45, 7) is 9.52. The summed E-state index contributed by atoms with van der Waals surface area (Å²) in [6.07, 6.45) is 7.33. The normalized spacial score (nSPS) is 19.0. The van der Waals surface area contributed by atoms with Crippen LogP contribution in [-0.4, -0.2) is 75.3 Å². The van der Waals surface area contributed by atoms with Crippen LogP contribution in [0.25, 0.3) is 28.1 Å². The molecule has 5 heterocycles. The van der Waals surface area contributed by atoms with Gasteiger partial charge in [-0.25, -0.2) is 23.3 Å². The van der Waals surface area contributed by atoms with Gasteiger partial charge in [0, 0.05) is 44.5 Å². The molecular formula is C30H31F2N9. The van der Waals surface area contributed by atoms with E-state index in [4.69, 9.17) is 9.97 Å². The zero-order valence-electron chi connectivity index (χ0n) is 23.1. The second-order valence-electron chi connectivity index (χ2n) is 10.6. The highest BCUT2D eigenvalue weighted by Crippen LogP contribution is 2.34. The molecule has 41 heavy (non-hydrogen) atoms. The minimum absolute atomic E-state index is 0.288. The van der Waals surface area contributed by atoms with E-state index in [1.165, 1.54) is 6.92 Å². The number of aromatic amines is 1. The van der Waals surface area contributed by atoms with Crippen LogP contribution in [0, 0.1) is 11.3 Å². The Hall–Kier alpha value is -4.56. The number of nitrogens with zero attached hydrogens (tertiary/aromatic N) is 8. The molecule has 1 aromatic carbocycles. The summed E-state index contributed by atoms with van der Waals surface area (Å²) in [5.41, 5.74) is 4.65. The molecule has 0 unspecified atom stereocenters. The molecule has 2 saturated heterocycles. The number of nitrogens with one attached hydrogen (secondary N) is 1. The molecule has 0 amide bonds. The summed E-state index contributed by atoms with van der Waals surface area (Å²) in [7, 11) is 2.10. The molecule has 3 aromatic heterocycles. The van der Waals surface area contributed by atoms with Crippen molar-refractivity contribution in [3.63, 3.8) is 0 Å². The van der Waals surface area contributed by atoms with E-state index in [9.17, 15) is 14.0 Å². The summed E-state index contributed by atoms with van der Waals surface area (Å²) in [5, 5.41) is 14.3. The first-order valence-corrected chi connectivity index (χ1v) is 13.7. The van der Waals surface area contributed by atoms with Crippen molar-refractivity contribution < 1.29 is 8.78 Å². The maximum Gasteiger partial charge on any atom is 0.168 e. The van der Waals surface area contributed by atoms with E-state index in [-0.39, 0.29) is 6.04 Å². The molecule has 0 aliphatic carbocycles. The van der Waals surface area contributed by atoms with Crippen molar-refractivity contribution in [3.8, 4) is 17.5 Å². The molecule has 2 aliphatic heterocycles. The van der Waals surface area contributed by atoms with Crippen molar-refractivity contribution in [1.29, 1.82) is 5.26 Å². The number of H-pyrrole nitrogens is 1. The van der Waals surface area contributed by atoms with E-state index >= 15 is 0 Å². The fourth-order valence-electron chi connectivity index (χ4n) is 5.62. The van der Waals surface area contributed by atoms with Gasteiger partial charge < -0.3 is 19.7 Å². The second-order valence-corrected chi connectivity index (χ2v) is 10.6. The number of piperazine rings is 1. The zero-order valence-corrected chi connectivity index (χ0v) is 23.1. The minimum Gasteiger partial charge on any atom is -0.368 e. The zero-order chi connectivity index (χ0) is 28.7. The van der Waals surface area contributed by atoms with Gasteiger partial charge >= 0.3 is 0 Å². The molecule has 2 fully saturated rings. The predicted octanol–water partition coefficient (Wildman–Crippen LogP) is 5.15. The lowest BCUT2D eigenvalue weighted by molar-refractivity contribution is 0.313. The third-order valence-corrected chi connectivity index (χ3v) is 7.89. The SMILES string of the molecule is C=C(/C(F)=C\C=C(/C)F)[C@H]1CCCN1c1ccn2ncc(-c3nc4cc(C#N)c(N5CCN(C)CC5)cc4[nH]3)c2n1. The highest BCUT2D eigenvalue weighted by atomic mass is 19.1. The number of nitriles is 1. The maximum absolute atomic E-state index is 14.8. The third-order valence-electron chi connectivity index (χ3n) is 7.89. The molecule has 0 spiro atoms. The Morgan fingerprint density at radius 1 is 1.15 bits per heavy atom. The van der Waals surface area contributed by atoms with Gasteiger partial charge in [0.2, 0.25) is 0 Å². The minimum atomic E-state index is -0.542. The van der Waals surface area contributed by atoms with Crippen molar-refractivity contribution in [2.24, 2.45) is 0 Å². The Bertz CT molecular complexity index is 1730. The highest BCUT2D eigenvalue weighted by molar-refractivity contribution is 5.87. The van der Waals surface area contributed by atoms with Gasteiger partial charge in [-0.3, -0.25) is 0 Å². The Labute approximate surface area is 236 Å². The van der Waals surface area contributed by atoms with Crippen molar-refractivity contribution in [3.05, 3.63) is 72.1 Å². The fourth-order valence-corrected chi connectivity index (χ4v) is 5.62. The average molecular weight is 556 g/mol. The first-order chi connectivity index (χ1) is 19.8. The van der Waals surface area contributed by atoms with E-state index in [1.807, 2.05) is 29.3 Å². The van der Waals surface area contributed by atoms with Gasteiger partial charge in [-0.2, -0.15) is 10.4 Å². The summed E-state index contributed by atoms with van der Waals surface area (Å²) in [5.74, 6) is 0.263. The van der Waals surface area contributed by atoms with Gasteiger partial charge in [-0.15, -0.1) is 0 Å². The molecule has 1 atom stereocenters. The van der Waals surface area contributed by atoms with Crippen LogP contribution in [0.1, 0.15) is 25.3 Å². The van der Waals surface area contributed by atoms with Crippen LogP contribution in [0.15, 0.2) is 66.6 Å². The van der Waals surface area contributed by atoms with Gasteiger partial charge in [-0.1, -0.05) is 6.58 Å². The molecule has 1 N–H and O–H groups in total. The van der Waals surface area contributed by atoms with Gasteiger partial charge in [-0.05, 0) is 57.2 Å². The van der Waals surface area contributed by atoms with Crippen molar-refractivity contribution in [2.75, 3.05) is 49.6 Å². The Balaban J connectivity index is 1.34. The number of hydrogen-bond donors (Lipinski definition) is 1. The van der Waals surface area contributed by atoms with E-state index in [0.29, 0.717) is 46.1 Å². The van der Waals surface area contributed by atoms with E-state index in [0.717, 1.165) is 62.4 Å². The topological polar surface area (TPSA) is 92.4 Å². The summed E-state index contributed by atoms with van der Waals surface area (Å²) in [4.78, 5) is 19.7. The molecule has 6 rings (SSSR count). The molecule has 0 saturated carbocycles. The number of fused-ring (bicyclic) bond motifs is 2. The lowest BCUT2D eigenvalue weighted by atomic mass is 10.0. The van der Waals surface area contributed by atoms with Gasteiger partial charge in [0.15, 0.2) is 5.65 Å². The largest absolute Gasteiger partial charge is 0.368 e. The smallest absolute Gasteiger partial charge is 0.168 e. The number of imidazole rings is 1. The molecule has 9 nitrogen and oxygen atoms in total. The third kappa shape index (κ3) is 5.07. The van der Waals surface area contributed by atoms with Crippen LogP contribution >= 0.6 is 0 Å². The number of likely N-dealkylation sites (N-methyl/N-ethyl adjacent to an activating group) is 1. The highest BCUT2D eigenvalue weighted by Gasteiger charge is 2.30. The standard InChI is InChI=1S/C30H31F2N9/c1-19(31)6-7-23(32)20(2)26-5-4-9-40(26)28-8-10-41-30(37-28)22(18-34-41)29-35-24-15-21(17-33)27(16-25(24)36-29)39-13-11-38(3)12-14-39/h6-8,10,15-16,18,26H,2,4-5,9,11-14H2,1,3H3,(H,35,36)/b19-6+,23-7+/t26-/m1/s1. The van der Waals surface area contributed by atoms with Crippen molar-refractivity contribution >= 4 is 28.2 Å². The second kappa shape index (κ2) is 10.8. The number of rotatable bonds is 6. The number of hydrogen-bond acceptors (Lipinski definition) is 7. The van der Waals surface area contributed by atoms with Crippen molar-refractivity contribution in [2.45, 2.75) is 25.8 Å². The fraction of sp³-hybridized carbons (Fsp3) is 0.333. The maximum atomic E-state index is 14.8. The molecule has 2 aliphatic rings. The molecule has 4 aromatic rings. The van der Waals surface area contributed by atoms with Crippen LogP contribution in [0.2, 0.25) is 0 Å². The van der Waals surface area contributed by atoms with E-state index in [2.05, 4.69) is 39.6 Å². The number of halogens is 2.